The highest BCUT2D eigenvalue weighted by Crippen LogP contribution is 2.31. The first-order chi connectivity index (χ1) is 18.3. The van der Waals surface area contributed by atoms with Crippen LogP contribution < -0.4 is 5.32 Å². The van der Waals surface area contributed by atoms with Crippen LogP contribution in [0.5, 0.6) is 0 Å². The van der Waals surface area contributed by atoms with Gasteiger partial charge in [-0.2, -0.15) is 33.3 Å². The third-order valence-electron chi connectivity index (χ3n) is 5.74. The van der Waals surface area contributed by atoms with Crippen molar-refractivity contribution >= 4 is 39.1 Å². The van der Waals surface area contributed by atoms with Crippen LogP contribution >= 0.6 is 11.3 Å². The molecule has 0 atom stereocenters. The van der Waals surface area contributed by atoms with Crippen LogP contribution in [0.15, 0.2) is 55.0 Å². The summed E-state index contributed by atoms with van der Waals surface area (Å²) in [7, 11) is 0. The molecule has 0 aliphatic carbocycles. The Labute approximate surface area is 222 Å². The normalized spacial score (nSPS) is 12.2. The predicted octanol–water partition coefficient (Wildman–Crippen LogP) is 5.54. The summed E-state index contributed by atoms with van der Waals surface area (Å²) in [5, 5.41) is 21.8. The van der Waals surface area contributed by atoms with E-state index < -0.39 is 22.6 Å². The fourth-order valence-corrected chi connectivity index (χ4v) is 4.40. The Bertz CT molecular complexity index is 1720. The lowest BCUT2D eigenvalue weighted by Crippen LogP contribution is -2.14. The summed E-state index contributed by atoms with van der Waals surface area (Å²) in [6, 6.07) is 10.0. The second kappa shape index (κ2) is 9.27. The zero-order valence-electron chi connectivity index (χ0n) is 20.6. The molecular formula is C24H19F3N8O3S. The van der Waals surface area contributed by atoms with E-state index in [4.69, 9.17) is 0 Å². The van der Waals surface area contributed by atoms with Crippen molar-refractivity contribution in [3.05, 3.63) is 81.1 Å². The first-order valence-electron chi connectivity index (χ1n) is 11.4. The molecule has 4 aromatic heterocycles. The van der Waals surface area contributed by atoms with Gasteiger partial charge in [-0.25, -0.2) is 9.36 Å². The quantitative estimate of drug-likeness (QED) is 0.222. The van der Waals surface area contributed by atoms with E-state index in [0.717, 1.165) is 16.4 Å². The average Bonchev–Trinajstić information content (AvgIpc) is 3.62. The molecule has 200 valence electrons. The minimum absolute atomic E-state index is 0.0404. The van der Waals surface area contributed by atoms with Gasteiger partial charge in [0.25, 0.3) is 11.9 Å². The van der Waals surface area contributed by atoms with E-state index in [0.29, 0.717) is 28.6 Å². The van der Waals surface area contributed by atoms with E-state index in [1.807, 2.05) is 24.3 Å². The Kier molecular flexibility index (Phi) is 6.17. The number of thiophene rings is 1. The zero-order chi connectivity index (χ0) is 28.1. The number of nitro groups is 1. The van der Waals surface area contributed by atoms with Gasteiger partial charge in [-0.1, -0.05) is 44.2 Å². The Morgan fingerprint density at radius 2 is 1.72 bits per heavy atom. The first-order valence-corrected chi connectivity index (χ1v) is 12.2. The van der Waals surface area contributed by atoms with Gasteiger partial charge < -0.3 is 5.32 Å². The largest absolute Gasteiger partial charge is 0.419 e. The number of fused-ring (bicyclic) bond motifs is 1. The number of carbonyl (C=O) groups excluding carboxylic acids is 1. The molecule has 4 heterocycles. The molecule has 5 aromatic rings. The summed E-state index contributed by atoms with van der Waals surface area (Å²) in [6.07, 6.45) is -1.86. The highest BCUT2D eigenvalue weighted by molar-refractivity contribution is 7.17. The molecule has 1 N–H and O–H groups in total. The Morgan fingerprint density at radius 3 is 2.31 bits per heavy atom. The van der Waals surface area contributed by atoms with Crippen molar-refractivity contribution in [3.8, 4) is 11.6 Å². The molecule has 1 amide bonds. The molecule has 39 heavy (non-hydrogen) atoms. The molecule has 5 rings (SSSR count). The minimum Gasteiger partial charge on any atom is -0.305 e. The summed E-state index contributed by atoms with van der Waals surface area (Å²) < 4.78 is 41.9. The van der Waals surface area contributed by atoms with Gasteiger partial charge in [0.15, 0.2) is 5.65 Å². The maximum atomic E-state index is 13.2. The predicted molar refractivity (Wildman–Crippen MR) is 136 cm³/mol. The van der Waals surface area contributed by atoms with Crippen LogP contribution in [0.3, 0.4) is 0 Å². The molecule has 0 aliphatic heterocycles. The van der Waals surface area contributed by atoms with Crippen molar-refractivity contribution in [2.75, 3.05) is 5.32 Å². The van der Waals surface area contributed by atoms with Gasteiger partial charge in [-0.3, -0.25) is 14.9 Å². The summed E-state index contributed by atoms with van der Waals surface area (Å²) >= 11 is 0.668. The monoisotopic (exact) mass is 556 g/mol. The smallest absolute Gasteiger partial charge is 0.305 e. The van der Waals surface area contributed by atoms with Crippen LogP contribution in [0.4, 0.5) is 24.0 Å². The third kappa shape index (κ3) is 5.07. The Balaban J connectivity index is 1.62. The standard InChI is InChI=1S/C24H19F3N8O3S/c1-23(2,3)13-4-6-15(7-5-13)34-20-16(11-29-34)19(30-21(36)17-8-9-18(39-17)35(37)38)31-22(32-20)33-12-14(10-28-33)24(25,26)27/h4-12H,1-3H3,(H,30,31,32,36). The van der Waals surface area contributed by atoms with Crippen LogP contribution in [0.2, 0.25) is 0 Å². The van der Waals surface area contributed by atoms with Crippen LogP contribution in [-0.2, 0) is 11.6 Å². The fourth-order valence-electron chi connectivity index (χ4n) is 3.68. The Hall–Kier alpha value is -4.66. The highest BCUT2D eigenvalue weighted by Gasteiger charge is 2.33. The van der Waals surface area contributed by atoms with Crippen molar-refractivity contribution < 1.29 is 22.9 Å². The molecule has 0 bridgehead atoms. The third-order valence-corrected chi connectivity index (χ3v) is 6.77. The molecule has 11 nitrogen and oxygen atoms in total. The van der Waals surface area contributed by atoms with Gasteiger partial charge in [-0.05, 0) is 29.2 Å². The number of hydrogen-bond donors (Lipinski definition) is 1. The number of halogens is 3. The number of amides is 1. The Morgan fingerprint density at radius 1 is 1.00 bits per heavy atom. The van der Waals surface area contributed by atoms with Gasteiger partial charge in [0, 0.05) is 12.3 Å². The number of nitrogens with zero attached hydrogens (tertiary/aromatic N) is 7. The lowest BCUT2D eigenvalue weighted by Gasteiger charge is -2.19. The zero-order valence-corrected chi connectivity index (χ0v) is 21.4. The van der Waals surface area contributed by atoms with Crippen LogP contribution in [-0.4, -0.2) is 40.4 Å². The summed E-state index contributed by atoms with van der Waals surface area (Å²) in [5.74, 6) is -1.01. The lowest BCUT2D eigenvalue weighted by atomic mass is 9.87. The van der Waals surface area contributed by atoms with E-state index >= 15 is 0 Å². The molecule has 0 fully saturated rings. The number of anilines is 1. The summed E-state index contributed by atoms with van der Waals surface area (Å²) in [5.41, 5.74) is 0.788. The van der Waals surface area contributed by atoms with Crippen LogP contribution in [0.1, 0.15) is 41.6 Å². The number of nitrogens with one attached hydrogen (secondary N) is 1. The first kappa shape index (κ1) is 26.0. The molecule has 0 saturated carbocycles. The lowest BCUT2D eigenvalue weighted by molar-refractivity contribution is -0.380. The van der Waals surface area contributed by atoms with E-state index in [2.05, 4.69) is 46.3 Å². The maximum Gasteiger partial charge on any atom is 0.419 e. The van der Waals surface area contributed by atoms with E-state index in [-0.39, 0.29) is 32.7 Å². The molecule has 0 unspecified atom stereocenters. The van der Waals surface area contributed by atoms with Gasteiger partial charge in [0.2, 0.25) is 0 Å². The number of benzene rings is 1. The molecule has 0 aliphatic rings. The number of aromatic nitrogens is 6. The highest BCUT2D eigenvalue weighted by atomic mass is 32.1. The van der Waals surface area contributed by atoms with Crippen LogP contribution in [0, 0.1) is 10.1 Å². The number of carbonyl (C=O) groups is 1. The van der Waals surface area contributed by atoms with E-state index in [1.54, 1.807) is 0 Å². The number of alkyl halides is 3. The van der Waals surface area contributed by atoms with Gasteiger partial charge in [0.1, 0.15) is 5.82 Å². The summed E-state index contributed by atoms with van der Waals surface area (Å²) in [4.78, 5) is 32.0. The number of hydrogen-bond acceptors (Lipinski definition) is 8. The molecule has 0 saturated heterocycles. The molecular weight excluding hydrogens is 537 g/mol. The van der Waals surface area contributed by atoms with Gasteiger partial charge in [-0.15, -0.1) is 0 Å². The van der Waals surface area contributed by atoms with Crippen molar-refractivity contribution in [1.82, 2.24) is 29.5 Å². The van der Waals surface area contributed by atoms with Gasteiger partial charge in [0.05, 0.1) is 38.8 Å². The average molecular weight is 557 g/mol. The molecule has 0 spiro atoms. The van der Waals surface area contributed by atoms with Crippen molar-refractivity contribution in [3.63, 3.8) is 0 Å². The second-order valence-electron chi connectivity index (χ2n) is 9.48. The molecule has 15 heteroatoms. The van der Waals surface area contributed by atoms with Crippen molar-refractivity contribution in [1.29, 1.82) is 0 Å². The molecule has 0 radical (unpaired) electrons. The summed E-state index contributed by atoms with van der Waals surface area (Å²) in [6.45, 7) is 6.21. The SMILES string of the molecule is CC(C)(C)c1ccc(-n2ncc3c(NC(=O)c4ccc([N+](=O)[O-])s4)nc(-n4cc(C(F)(F)F)cn4)nc32)cc1. The number of rotatable bonds is 5. The van der Waals surface area contributed by atoms with E-state index in [1.165, 1.54) is 23.0 Å². The van der Waals surface area contributed by atoms with E-state index in [9.17, 15) is 28.1 Å². The van der Waals surface area contributed by atoms with Crippen LogP contribution in [0.25, 0.3) is 22.7 Å². The second-order valence-corrected chi connectivity index (χ2v) is 10.5. The topological polar surface area (TPSA) is 134 Å². The van der Waals surface area contributed by atoms with Gasteiger partial charge >= 0.3 is 11.2 Å². The maximum absolute atomic E-state index is 13.2. The fraction of sp³-hybridized carbons (Fsp3) is 0.208. The molecule has 1 aromatic carbocycles. The van der Waals surface area contributed by atoms with Crippen molar-refractivity contribution in [2.24, 2.45) is 0 Å². The van der Waals surface area contributed by atoms with Crippen molar-refractivity contribution in [2.45, 2.75) is 32.4 Å². The minimum atomic E-state index is -4.64.